The smallest absolute Gasteiger partial charge is 0.244 e. The highest BCUT2D eigenvalue weighted by molar-refractivity contribution is 7.89. The SMILES string of the molecule is Cc1cc(S(=O)(=O)N2CCC(N3CCc4sccc4C3)CC2)c(Cl)cc1Cl. The van der Waals surface area contributed by atoms with Crippen molar-refractivity contribution in [3.05, 3.63) is 49.6 Å². The molecule has 0 unspecified atom stereocenters. The Morgan fingerprint density at radius 3 is 2.59 bits per heavy atom. The molecule has 3 heterocycles. The zero-order valence-electron chi connectivity index (χ0n) is 15.1. The summed E-state index contributed by atoms with van der Waals surface area (Å²) < 4.78 is 27.7. The Balaban J connectivity index is 1.45. The van der Waals surface area contributed by atoms with Crippen molar-refractivity contribution in [2.24, 2.45) is 0 Å². The van der Waals surface area contributed by atoms with Gasteiger partial charge in [0.2, 0.25) is 10.0 Å². The van der Waals surface area contributed by atoms with Crippen LogP contribution in [0.3, 0.4) is 0 Å². The molecule has 4 nitrogen and oxygen atoms in total. The molecule has 0 saturated carbocycles. The molecule has 0 amide bonds. The molecule has 0 radical (unpaired) electrons. The summed E-state index contributed by atoms with van der Waals surface area (Å²) >= 11 is 14.1. The Bertz CT molecular complexity index is 951. The average Bonchev–Trinajstić information content (AvgIpc) is 3.12. The minimum Gasteiger partial charge on any atom is -0.296 e. The quantitative estimate of drug-likeness (QED) is 0.695. The van der Waals surface area contributed by atoms with E-state index in [0.29, 0.717) is 24.2 Å². The maximum absolute atomic E-state index is 13.1. The molecule has 1 aromatic heterocycles. The third kappa shape index (κ3) is 3.80. The van der Waals surface area contributed by atoms with Gasteiger partial charge >= 0.3 is 0 Å². The number of nitrogens with zero attached hydrogens (tertiary/aromatic N) is 2. The maximum atomic E-state index is 13.1. The molecular weight excluding hydrogens is 423 g/mol. The average molecular weight is 445 g/mol. The van der Waals surface area contributed by atoms with Crippen LogP contribution in [0.1, 0.15) is 28.8 Å². The van der Waals surface area contributed by atoms with Crippen LogP contribution in [0.2, 0.25) is 10.0 Å². The van der Waals surface area contributed by atoms with Crippen molar-refractivity contribution < 1.29 is 8.42 Å². The van der Waals surface area contributed by atoms with Crippen LogP contribution in [0.15, 0.2) is 28.5 Å². The molecule has 2 aliphatic heterocycles. The first-order valence-corrected chi connectivity index (χ1v) is 12.2. The summed E-state index contributed by atoms with van der Waals surface area (Å²) in [6, 6.07) is 5.75. The molecule has 0 aliphatic carbocycles. The minimum atomic E-state index is -3.60. The zero-order valence-corrected chi connectivity index (χ0v) is 18.3. The molecule has 4 rings (SSSR count). The zero-order chi connectivity index (χ0) is 19.2. The molecule has 0 bridgehead atoms. The van der Waals surface area contributed by atoms with Crippen molar-refractivity contribution in [2.45, 2.75) is 43.7 Å². The van der Waals surface area contributed by atoms with Gasteiger partial charge in [0.05, 0.1) is 5.02 Å². The fraction of sp³-hybridized carbons (Fsp3) is 0.474. The van der Waals surface area contributed by atoms with Crippen LogP contribution in [0.25, 0.3) is 0 Å². The minimum absolute atomic E-state index is 0.158. The predicted molar refractivity (Wildman–Crippen MR) is 111 cm³/mol. The van der Waals surface area contributed by atoms with Gasteiger partial charge in [0.1, 0.15) is 4.90 Å². The van der Waals surface area contributed by atoms with Gasteiger partial charge in [0.15, 0.2) is 0 Å². The van der Waals surface area contributed by atoms with E-state index in [0.717, 1.165) is 37.9 Å². The molecule has 1 aromatic carbocycles. The molecular formula is C19H22Cl2N2O2S2. The lowest BCUT2D eigenvalue weighted by atomic mass is 10.0. The number of hydrogen-bond acceptors (Lipinski definition) is 4. The number of sulfonamides is 1. The number of benzene rings is 1. The highest BCUT2D eigenvalue weighted by Gasteiger charge is 2.34. The lowest BCUT2D eigenvalue weighted by molar-refractivity contribution is 0.127. The number of hydrogen-bond donors (Lipinski definition) is 0. The molecule has 0 spiro atoms. The Morgan fingerprint density at radius 1 is 1.11 bits per heavy atom. The summed E-state index contributed by atoms with van der Waals surface area (Å²) in [5, 5.41) is 2.84. The summed E-state index contributed by atoms with van der Waals surface area (Å²) in [6.07, 6.45) is 2.80. The van der Waals surface area contributed by atoms with Gasteiger partial charge in [0.25, 0.3) is 0 Å². The second-order valence-corrected chi connectivity index (χ2v) is 11.0. The van der Waals surface area contributed by atoms with E-state index in [2.05, 4.69) is 16.3 Å². The van der Waals surface area contributed by atoms with Crippen molar-refractivity contribution in [3.8, 4) is 0 Å². The van der Waals surface area contributed by atoms with E-state index in [1.54, 1.807) is 17.3 Å². The van der Waals surface area contributed by atoms with Gasteiger partial charge in [-0.05, 0) is 60.9 Å². The Hall–Kier alpha value is -0.630. The number of piperidine rings is 1. The number of aryl methyl sites for hydroxylation is 1. The van der Waals surface area contributed by atoms with Gasteiger partial charge in [-0.1, -0.05) is 23.2 Å². The second-order valence-electron chi connectivity index (χ2n) is 7.26. The van der Waals surface area contributed by atoms with Crippen LogP contribution in [-0.2, 0) is 23.0 Å². The van der Waals surface area contributed by atoms with Crippen molar-refractivity contribution in [2.75, 3.05) is 19.6 Å². The van der Waals surface area contributed by atoms with E-state index in [1.807, 2.05) is 11.3 Å². The van der Waals surface area contributed by atoms with E-state index < -0.39 is 10.0 Å². The van der Waals surface area contributed by atoms with Crippen LogP contribution < -0.4 is 0 Å². The van der Waals surface area contributed by atoms with E-state index >= 15 is 0 Å². The molecule has 1 saturated heterocycles. The Morgan fingerprint density at radius 2 is 1.85 bits per heavy atom. The van der Waals surface area contributed by atoms with Gasteiger partial charge in [-0.15, -0.1) is 11.3 Å². The van der Waals surface area contributed by atoms with E-state index in [9.17, 15) is 8.42 Å². The van der Waals surface area contributed by atoms with Crippen molar-refractivity contribution >= 4 is 44.6 Å². The van der Waals surface area contributed by atoms with Gasteiger partial charge in [-0.2, -0.15) is 4.31 Å². The number of fused-ring (bicyclic) bond motifs is 1. The summed E-state index contributed by atoms with van der Waals surface area (Å²) in [5.41, 5.74) is 2.15. The van der Waals surface area contributed by atoms with E-state index in [-0.39, 0.29) is 9.92 Å². The Labute approximate surface area is 174 Å². The molecule has 27 heavy (non-hydrogen) atoms. The number of rotatable bonds is 3. The molecule has 0 N–H and O–H groups in total. The van der Waals surface area contributed by atoms with Gasteiger partial charge in [0, 0.05) is 42.1 Å². The highest BCUT2D eigenvalue weighted by atomic mass is 35.5. The largest absolute Gasteiger partial charge is 0.296 e. The predicted octanol–water partition coefficient (Wildman–Crippen LogP) is 4.57. The lowest BCUT2D eigenvalue weighted by Crippen LogP contribution is -2.47. The number of thiophene rings is 1. The lowest BCUT2D eigenvalue weighted by Gasteiger charge is -2.39. The third-order valence-electron chi connectivity index (χ3n) is 5.61. The first-order chi connectivity index (χ1) is 12.9. The molecule has 8 heteroatoms. The fourth-order valence-electron chi connectivity index (χ4n) is 4.00. The number of halogens is 2. The molecule has 1 fully saturated rings. The second kappa shape index (κ2) is 7.65. The summed E-state index contributed by atoms with van der Waals surface area (Å²) in [5.74, 6) is 0. The molecule has 2 aliphatic rings. The summed E-state index contributed by atoms with van der Waals surface area (Å²) in [4.78, 5) is 4.17. The summed E-state index contributed by atoms with van der Waals surface area (Å²) in [6.45, 7) is 4.89. The summed E-state index contributed by atoms with van der Waals surface area (Å²) in [7, 11) is -3.60. The third-order valence-corrected chi connectivity index (χ3v) is 9.40. The first-order valence-electron chi connectivity index (χ1n) is 9.11. The van der Waals surface area contributed by atoms with E-state index in [1.165, 1.54) is 16.5 Å². The molecule has 2 aromatic rings. The fourth-order valence-corrected chi connectivity index (χ4v) is 7.16. The standard InChI is InChI=1S/C19H22Cl2N2O2S2/c1-13-10-19(17(21)11-16(13)20)27(24,25)23-7-2-15(3-8-23)22-6-4-18-14(12-22)5-9-26-18/h5,9-11,15H,2-4,6-8,12H2,1H3. The van der Waals surface area contributed by atoms with Crippen LogP contribution in [-0.4, -0.2) is 43.3 Å². The van der Waals surface area contributed by atoms with Gasteiger partial charge < -0.3 is 0 Å². The topological polar surface area (TPSA) is 40.6 Å². The van der Waals surface area contributed by atoms with Gasteiger partial charge in [-0.3, -0.25) is 4.90 Å². The highest BCUT2D eigenvalue weighted by Crippen LogP contribution is 2.33. The van der Waals surface area contributed by atoms with Gasteiger partial charge in [-0.25, -0.2) is 8.42 Å². The monoisotopic (exact) mass is 444 g/mol. The molecule has 146 valence electrons. The van der Waals surface area contributed by atoms with Crippen LogP contribution in [0.5, 0.6) is 0 Å². The molecule has 0 atom stereocenters. The van der Waals surface area contributed by atoms with Crippen molar-refractivity contribution in [1.82, 2.24) is 9.21 Å². The van der Waals surface area contributed by atoms with Crippen LogP contribution in [0, 0.1) is 6.92 Å². The normalized spacial score (nSPS) is 20.0. The maximum Gasteiger partial charge on any atom is 0.244 e. The van der Waals surface area contributed by atoms with E-state index in [4.69, 9.17) is 23.2 Å². The van der Waals surface area contributed by atoms with Crippen LogP contribution >= 0.6 is 34.5 Å². The van der Waals surface area contributed by atoms with Crippen molar-refractivity contribution in [3.63, 3.8) is 0 Å². The Kier molecular flexibility index (Phi) is 5.58. The first kappa shape index (κ1) is 19.7. The van der Waals surface area contributed by atoms with Crippen molar-refractivity contribution in [1.29, 1.82) is 0 Å². The van der Waals surface area contributed by atoms with Crippen LogP contribution in [0.4, 0.5) is 0 Å².